The van der Waals surface area contributed by atoms with Crippen molar-refractivity contribution in [1.82, 2.24) is 5.32 Å². The highest BCUT2D eigenvalue weighted by atomic mass is 32.2. The lowest BCUT2D eigenvalue weighted by atomic mass is 10.2. The summed E-state index contributed by atoms with van der Waals surface area (Å²) in [7, 11) is 0. The number of carbonyl (C=O) groups is 1. The summed E-state index contributed by atoms with van der Waals surface area (Å²) in [5.41, 5.74) is 2.08. The van der Waals surface area contributed by atoms with Crippen molar-refractivity contribution in [2.45, 2.75) is 18.7 Å². The van der Waals surface area contributed by atoms with E-state index in [1.165, 1.54) is 5.56 Å². The van der Waals surface area contributed by atoms with Gasteiger partial charge in [-0.05, 0) is 24.6 Å². The molecule has 3 nitrogen and oxygen atoms in total. The molecule has 3 rings (SSSR count). The average molecular weight is 325 g/mol. The molecule has 1 heterocycles. The predicted molar refractivity (Wildman–Crippen MR) is 95.4 cm³/mol. The zero-order chi connectivity index (χ0) is 16.1. The molecule has 2 aromatic carbocycles. The molecule has 0 aliphatic heterocycles. The van der Waals surface area contributed by atoms with Gasteiger partial charge >= 0.3 is 0 Å². The maximum atomic E-state index is 12.1. The van der Waals surface area contributed by atoms with Gasteiger partial charge in [0.05, 0.1) is 11.8 Å². The molecule has 0 saturated carbocycles. The van der Waals surface area contributed by atoms with Gasteiger partial charge in [-0.15, -0.1) is 11.8 Å². The van der Waals surface area contributed by atoms with Gasteiger partial charge < -0.3 is 9.73 Å². The third kappa shape index (κ3) is 4.17. The van der Waals surface area contributed by atoms with Crippen LogP contribution < -0.4 is 5.32 Å². The molecular formula is C19H19NO2S. The third-order valence-electron chi connectivity index (χ3n) is 3.59. The normalized spacial score (nSPS) is 12.2. The van der Waals surface area contributed by atoms with Gasteiger partial charge in [-0.25, -0.2) is 0 Å². The SMILES string of the molecule is C[C@@H](NC(=O)CSCc1ccccc1)c1cc2ccccc2o1. The number of amides is 1. The Kier molecular flexibility index (Phi) is 5.03. The van der Waals surface area contributed by atoms with E-state index in [9.17, 15) is 4.79 Å². The van der Waals surface area contributed by atoms with Crippen LogP contribution in [0.1, 0.15) is 24.3 Å². The molecule has 0 aliphatic rings. The molecule has 23 heavy (non-hydrogen) atoms. The number of hydrogen-bond acceptors (Lipinski definition) is 3. The van der Waals surface area contributed by atoms with Gasteiger partial charge in [-0.3, -0.25) is 4.79 Å². The summed E-state index contributed by atoms with van der Waals surface area (Å²) in [6, 6.07) is 19.9. The number of carbonyl (C=O) groups excluding carboxylic acids is 1. The molecule has 1 atom stereocenters. The van der Waals surface area contributed by atoms with Crippen LogP contribution in [0.3, 0.4) is 0 Å². The van der Waals surface area contributed by atoms with Crippen molar-refractivity contribution in [2.24, 2.45) is 0 Å². The molecule has 1 N–H and O–H groups in total. The smallest absolute Gasteiger partial charge is 0.230 e. The Morgan fingerprint density at radius 3 is 2.65 bits per heavy atom. The molecule has 0 fully saturated rings. The predicted octanol–water partition coefficient (Wildman–Crippen LogP) is 4.54. The molecule has 0 saturated heterocycles. The zero-order valence-electron chi connectivity index (χ0n) is 13.0. The van der Waals surface area contributed by atoms with E-state index in [1.807, 2.05) is 55.5 Å². The first-order valence-electron chi connectivity index (χ1n) is 7.62. The fourth-order valence-corrected chi connectivity index (χ4v) is 3.20. The highest BCUT2D eigenvalue weighted by Crippen LogP contribution is 2.23. The third-order valence-corrected chi connectivity index (χ3v) is 4.60. The average Bonchev–Trinajstić information content (AvgIpc) is 3.00. The van der Waals surface area contributed by atoms with Gasteiger partial charge in [0.1, 0.15) is 11.3 Å². The molecule has 3 aromatic rings. The van der Waals surface area contributed by atoms with E-state index in [1.54, 1.807) is 11.8 Å². The standard InChI is InChI=1S/C19H19NO2S/c1-14(18-11-16-9-5-6-10-17(16)22-18)20-19(21)13-23-12-15-7-3-2-4-8-15/h2-11,14H,12-13H2,1H3,(H,20,21)/t14-/m1/s1. The molecule has 0 radical (unpaired) electrons. The van der Waals surface area contributed by atoms with Crippen molar-refractivity contribution in [3.05, 3.63) is 72.0 Å². The van der Waals surface area contributed by atoms with Gasteiger partial charge in [0.2, 0.25) is 5.91 Å². The van der Waals surface area contributed by atoms with Gasteiger partial charge in [0.15, 0.2) is 0 Å². The largest absolute Gasteiger partial charge is 0.459 e. The second-order valence-corrected chi connectivity index (χ2v) is 6.44. The van der Waals surface area contributed by atoms with E-state index >= 15 is 0 Å². The van der Waals surface area contributed by atoms with Crippen LogP contribution in [0.4, 0.5) is 0 Å². The number of para-hydroxylation sites is 1. The second-order valence-electron chi connectivity index (χ2n) is 5.45. The van der Waals surface area contributed by atoms with Crippen LogP contribution in [0.25, 0.3) is 11.0 Å². The summed E-state index contributed by atoms with van der Waals surface area (Å²) in [4.78, 5) is 12.1. The zero-order valence-corrected chi connectivity index (χ0v) is 13.8. The summed E-state index contributed by atoms with van der Waals surface area (Å²) in [5, 5.41) is 4.05. The first kappa shape index (κ1) is 15.7. The Morgan fingerprint density at radius 2 is 1.87 bits per heavy atom. The lowest BCUT2D eigenvalue weighted by Crippen LogP contribution is -2.27. The van der Waals surface area contributed by atoms with E-state index in [0.717, 1.165) is 22.5 Å². The minimum absolute atomic E-state index is 0.0267. The summed E-state index contributed by atoms with van der Waals surface area (Å²) in [6.07, 6.45) is 0. The lowest BCUT2D eigenvalue weighted by Gasteiger charge is -2.11. The maximum absolute atomic E-state index is 12.1. The summed E-state index contributed by atoms with van der Waals surface area (Å²) < 4.78 is 5.78. The molecule has 1 amide bonds. The van der Waals surface area contributed by atoms with Crippen molar-refractivity contribution < 1.29 is 9.21 Å². The van der Waals surface area contributed by atoms with Crippen LogP contribution in [-0.2, 0) is 10.5 Å². The van der Waals surface area contributed by atoms with E-state index in [2.05, 4.69) is 17.4 Å². The highest BCUT2D eigenvalue weighted by molar-refractivity contribution is 7.99. The van der Waals surface area contributed by atoms with Gasteiger partial charge in [0.25, 0.3) is 0 Å². The highest BCUT2D eigenvalue weighted by Gasteiger charge is 2.14. The molecule has 118 valence electrons. The topological polar surface area (TPSA) is 42.2 Å². The van der Waals surface area contributed by atoms with Gasteiger partial charge in [-0.1, -0.05) is 48.5 Å². The van der Waals surface area contributed by atoms with Gasteiger partial charge in [-0.2, -0.15) is 0 Å². The Balaban J connectivity index is 1.51. The first-order chi connectivity index (χ1) is 11.2. The summed E-state index contributed by atoms with van der Waals surface area (Å²) in [5.74, 6) is 2.10. The fraction of sp³-hybridized carbons (Fsp3) is 0.211. The molecule has 0 aliphatic carbocycles. The molecule has 0 unspecified atom stereocenters. The number of rotatable bonds is 6. The Labute approximate surface area is 140 Å². The first-order valence-corrected chi connectivity index (χ1v) is 8.77. The maximum Gasteiger partial charge on any atom is 0.230 e. The number of thioether (sulfide) groups is 1. The Bertz CT molecular complexity index is 749. The molecule has 1 aromatic heterocycles. The van der Waals surface area contributed by atoms with Crippen LogP contribution in [0, 0.1) is 0 Å². The Morgan fingerprint density at radius 1 is 1.13 bits per heavy atom. The van der Waals surface area contributed by atoms with Gasteiger partial charge in [0, 0.05) is 11.1 Å². The molecule has 0 spiro atoms. The van der Waals surface area contributed by atoms with E-state index < -0.39 is 0 Å². The molecular weight excluding hydrogens is 306 g/mol. The second kappa shape index (κ2) is 7.38. The van der Waals surface area contributed by atoms with Crippen molar-refractivity contribution in [2.75, 3.05) is 5.75 Å². The minimum atomic E-state index is -0.132. The summed E-state index contributed by atoms with van der Waals surface area (Å²) in [6.45, 7) is 1.94. The number of nitrogens with one attached hydrogen (secondary N) is 1. The lowest BCUT2D eigenvalue weighted by molar-refractivity contribution is -0.119. The van der Waals surface area contributed by atoms with Crippen LogP contribution in [0.5, 0.6) is 0 Å². The quantitative estimate of drug-likeness (QED) is 0.723. The van der Waals surface area contributed by atoms with Crippen molar-refractivity contribution in [3.63, 3.8) is 0 Å². The van der Waals surface area contributed by atoms with E-state index in [4.69, 9.17) is 4.42 Å². The number of furan rings is 1. The summed E-state index contributed by atoms with van der Waals surface area (Å²) >= 11 is 1.61. The van der Waals surface area contributed by atoms with Crippen molar-refractivity contribution in [3.8, 4) is 0 Å². The number of benzene rings is 2. The van der Waals surface area contributed by atoms with Crippen molar-refractivity contribution in [1.29, 1.82) is 0 Å². The van der Waals surface area contributed by atoms with Crippen LogP contribution >= 0.6 is 11.8 Å². The van der Waals surface area contributed by atoms with Crippen LogP contribution in [0.2, 0.25) is 0 Å². The Hall–Kier alpha value is -2.20. The fourth-order valence-electron chi connectivity index (χ4n) is 2.41. The molecule has 0 bridgehead atoms. The van der Waals surface area contributed by atoms with Crippen LogP contribution in [-0.4, -0.2) is 11.7 Å². The number of fused-ring (bicyclic) bond motifs is 1. The molecule has 4 heteroatoms. The van der Waals surface area contributed by atoms with E-state index in [-0.39, 0.29) is 11.9 Å². The monoisotopic (exact) mass is 325 g/mol. The van der Waals surface area contributed by atoms with Crippen LogP contribution in [0.15, 0.2) is 65.1 Å². The van der Waals surface area contributed by atoms with E-state index in [0.29, 0.717) is 5.75 Å². The number of hydrogen-bond donors (Lipinski definition) is 1. The minimum Gasteiger partial charge on any atom is -0.459 e. The van der Waals surface area contributed by atoms with Crippen molar-refractivity contribution >= 4 is 28.6 Å².